The van der Waals surface area contributed by atoms with Gasteiger partial charge < -0.3 is 9.47 Å². The van der Waals surface area contributed by atoms with Gasteiger partial charge in [-0.05, 0) is 24.1 Å². The van der Waals surface area contributed by atoms with Crippen molar-refractivity contribution in [3.8, 4) is 0 Å². The molecule has 1 amide bonds. The van der Waals surface area contributed by atoms with E-state index < -0.39 is 0 Å². The molecular weight excluding hydrogens is 334 g/mol. The molecule has 0 unspecified atom stereocenters. The first kappa shape index (κ1) is 18.6. The van der Waals surface area contributed by atoms with Crippen LogP contribution >= 0.6 is 0 Å². The van der Waals surface area contributed by atoms with E-state index in [1.807, 2.05) is 47.0 Å². The van der Waals surface area contributed by atoms with Crippen LogP contribution in [0.4, 0.5) is 0 Å². The standard InChI is InChI=1S/C23H25N3O/c1-3-16-25(17-4-2)23(27)18-26-21-13-9-8-12-20(21)24-22(26)15-14-19-10-6-5-7-11-19/h3-13H,1-2,14-18H2. The molecule has 4 nitrogen and oxygen atoms in total. The van der Waals surface area contributed by atoms with Gasteiger partial charge >= 0.3 is 0 Å². The van der Waals surface area contributed by atoms with Gasteiger partial charge in [0.05, 0.1) is 11.0 Å². The van der Waals surface area contributed by atoms with Gasteiger partial charge in [-0.3, -0.25) is 4.79 Å². The second kappa shape index (κ2) is 8.99. The zero-order chi connectivity index (χ0) is 19.1. The van der Waals surface area contributed by atoms with E-state index in [-0.39, 0.29) is 12.5 Å². The van der Waals surface area contributed by atoms with Crippen LogP contribution in [-0.2, 0) is 24.2 Å². The summed E-state index contributed by atoms with van der Waals surface area (Å²) in [5.41, 5.74) is 3.18. The molecule has 138 valence electrons. The fourth-order valence-electron chi connectivity index (χ4n) is 3.22. The number of nitrogens with zero attached hydrogens (tertiary/aromatic N) is 3. The van der Waals surface area contributed by atoms with E-state index in [0.717, 1.165) is 29.7 Å². The average molecular weight is 359 g/mol. The third-order valence-corrected chi connectivity index (χ3v) is 4.56. The molecule has 1 heterocycles. The van der Waals surface area contributed by atoms with Gasteiger partial charge in [0.25, 0.3) is 0 Å². The molecule has 27 heavy (non-hydrogen) atoms. The molecule has 0 radical (unpaired) electrons. The maximum Gasteiger partial charge on any atom is 0.243 e. The predicted molar refractivity (Wildman–Crippen MR) is 111 cm³/mol. The summed E-state index contributed by atoms with van der Waals surface area (Å²) < 4.78 is 2.04. The topological polar surface area (TPSA) is 38.1 Å². The zero-order valence-electron chi connectivity index (χ0n) is 15.6. The Morgan fingerprint density at radius 2 is 1.63 bits per heavy atom. The van der Waals surface area contributed by atoms with Gasteiger partial charge in [0.1, 0.15) is 12.4 Å². The van der Waals surface area contributed by atoms with Crippen LogP contribution in [-0.4, -0.2) is 33.4 Å². The summed E-state index contributed by atoms with van der Waals surface area (Å²) in [5, 5.41) is 0. The van der Waals surface area contributed by atoms with Crippen LogP contribution in [0.2, 0.25) is 0 Å². The number of carbonyl (C=O) groups is 1. The van der Waals surface area contributed by atoms with Gasteiger partial charge in [-0.1, -0.05) is 54.6 Å². The Labute approximate surface area is 160 Å². The minimum atomic E-state index is 0.0407. The number of hydrogen-bond donors (Lipinski definition) is 0. The SMILES string of the molecule is C=CCN(CC=C)C(=O)Cn1c(CCc2ccccc2)nc2ccccc21. The zero-order valence-corrected chi connectivity index (χ0v) is 15.6. The first-order chi connectivity index (χ1) is 13.2. The molecule has 0 aliphatic heterocycles. The van der Waals surface area contributed by atoms with Gasteiger partial charge in [0.15, 0.2) is 0 Å². The molecule has 1 aromatic heterocycles. The van der Waals surface area contributed by atoms with Gasteiger partial charge in [0.2, 0.25) is 5.91 Å². The molecule has 0 aliphatic rings. The van der Waals surface area contributed by atoms with Crippen LogP contribution in [0.1, 0.15) is 11.4 Å². The Bertz CT molecular complexity index is 917. The number of amides is 1. The fraction of sp³-hybridized carbons (Fsp3) is 0.217. The van der Waals surface area contributed by atoms with Crippen LogP contribution in [0.5, 0.6) is 0 Å². The molecule has 0 fully saturated rings. The number of rotatable bonds is 9. The summed E-state index contributed by atoms with van der Waals surface area (Å²) in [6.45, 7) is 8.78. The minimum absolute atomic E-state index is 0.0407. The van der Waals surface area contributed by atoms with E-state index in [2.05, 4.69) is 25.3 Å². The van der Waals surface area contributed by atoms with Crippen molar-refractivity contribution in [2.75, 3.05) is 13.1 Å². The highest BCUT2D eigenvalue weighted by molar-refractivity contribution is 5.81. The van der Waals surface area contributed by atoms with Crippen molar-refractivity contribution >= 4 is 16.9 Å². The first-order valence-corrected chi connectivity index (χ1v) is 9.20. The van der Waals surface area contributed by atoms with E-state index in [1.54, 1.807) is 17.1 Å². The Balaban J connectivity index is 1.86. The van der Waals surface area contributed by atoms with E-state index in [0.29, 0.717) is 13.1 Å². The third kappa shape index (κ3) is 4.53. The lowest BCUT2D eigenvalue weighted by Crippen LogP contribution is -2.34. The number of aromatic nitrogens is 2. The normalized spacial score (nSPS) is 10.7. The summed E-state index contributed by atoms with van der Waals surface area (Å²) in [5.74, 6) is 0.976. The molecule has 0 bridgehead atoms. The Kier molecular flexibility index (Phi) is 6.21. The van der Waals surface area contributed by atoms with Crippen LogP contribution in [0, 0.1) is 0 Å². The number of hydrogen-bond acceptors (Lipinski definition) is 2. The number of aryl methyl sites for hydroxylation is 2. The summed E-state index contributed by atoms with van der Waals surface area (Å²) in [6, 6.07) is 18.3. The van der Waals surface area contributed by atoms with Gasteiger partial charge in [-0.2, -0.15) is 0 Å². The van der Waals surface area contributed by atoms with Crippen molar-refractivity contribution in [3.05, 3.63) is 91.3 Å². The van der Waals surface area contributed by atoms with Crippen molar-refractivity contribution in [1.29, 1.82) is 0 Å². The van der Waals surface area contributed by atoms with Crippen molar-refractivity contribution < 1.29 is 4.79 Å². The van der Waals surface area contributed by atoms with Gasteiger partial charge in [-0.25, -0.2) is 4.98 Å². The lowest BCUT2D eigenvalue weighted by molar-refractivity contribution is -0.130. The molecule has 0 aliphatic carbocycles. The third-order valence-electron chi connectivity index (χ3n) is 4.56. The van der Waals surface area contributed by atoms with Crippen LogP contribution < -0.4 is 0 Å². The molecule has 0 saturated carbocycles. The molecule has 3 rings (SSSR count). The highest BCUT2D eigenvalue weighted by Crippen LogP contribution is 2.18. The summed E-state index contributed by atoms with van der Waals surface area (Å²) >= 11 is 0. The molecule has 0 atom stereocenters. The maximum atomic E-state index is 12.8. The smallest absolute Gasteiger partial charge is 0.243 e. The van der Waals surface area contributed by atoms with E-state index in [4.69, 9.17) is 4.98 Å². The van der Waals surface area contributed by atoms with Crippen molar-refractivity contribution in [2.24, 2.45) is 0 Å². The first-order valence-electron chi connectivity index (χ1n) is 9.20. The van der Waals surface area contributed by atoms with Gasteiger partial charge in [0, 0.05) is 19.5 Å². The Morgan fingerprint density at radius 3 is 2.33 bits per heavy atom. The molecule has 4 heteroatoms. The number of imidazole rings is 1. The minimum Gasteiger partial charge on any atom is -0.334 e. The van der Waals surface area contributed by atoms with Crippen molar-refractivity contribution in [3.63, 3.8) is 0 Å². The summed E-state index contributed by atoms with van der Waals surface area (Å²) in [7, 11) is 0. The van der Waals surface area contributed by atoms with Crippen molar-refractivity contribution in [2.45, 2.75) is 19.4 Å². The average Bonchev–Trinajstić information content (AvgIpc) is 3.04. The molecule has 0 spiro atoms. The number of fused-ring (bicyclic) bond motifs is 1. The number of para-hydroxylation sites is 2. The lowest BCUT2D eigenvalue weighted by Gasteiger charge is -2.20. The molecule has 0 N–H and O–H groups in total. The Morgan fingerprint density at radius 1 is 0.963 bits per heavy atom. The van der Waals surface area contributed by atoms with Crippen LogP contribution in [0.15, 0.2) is 79.9 Å². The fourth-order valence-corrected chi connectivity index (χ4v) is 3.22. The van der Waals surface area contributed by atoms with Crippen LogP contribution in [0.25, 0.3) is 11.0 Å². The molecule has 0 saturated heterocycles. The Hall–Kier alpha value is -3.14. The predicted octanol–water partition coefficient (Wildman–Crippen LogP) is 4.02. The second-order valence-corrected chi connectivity index (χ2v) is 6.46. The van der Waals surface area contributed by atoms with Crippen molar-refractivity contribution in [1.82, 2.24) is 14.5 Å². The van der Waals surface area contributed by atoms with Crippen LogP contribution in [0.3, 0.4) is 0 Å². The largest absolute Gasteiger partial charge is 0.334 e. The molecule has 3 aromatic rings. The lowest BCUT2D eigenvalue weighted by atomic mass is 10.1. The highest BCUT2D eigenvalue weighted by Gasteiger charge is 2.17. The summed E-state index contributed by atoms with van der Waals surface area (Å²) in [6.07, 6.45) is 5.16. The maximum absolute atomic E-state index is 12.8. The molecular formula is C23H25N3O. The monoisotopic (exact) mass is 359 g/mol. The van der Waals surface area contributed by atoms with E-state index >= 15 is 0 Å². The molecule has 2 aromatic carbocycles. The van der Waals surface area contributed by atoms with E-state index in [1.165, 1.54) is 5.56 Å². The quantitative estimate of drug-likeness (QED) is 0.541. The van der Waals surface area contributed by atoms with Gasteiger partial charge in [-0.15, -0.1) is 13.2 Å². The second-order valence-electron chi connectivity index (χ2n) is 6.46. The number of carbonyl (C=O) groups excluding carboxylic acids is 1. The van der Waals surface area contributed by atoms with E-state index in [9.17, 15) is 4.79 Å². The summed E-state index contributed by atoms with van der Waals surface area (Å²) in [4.78, 5) is 19.4. The number of benzene rings is 2. The highest BCUT2D eigenvalue weighted by atomic mass is 16.2.